The van der Waals surface area contributed by atoms with Crippen molar-refractivity contribution in [2.24, 2.45) is 5.73 Å². The van der Waals surface area contributed by atoms with Gasteiger partial charge in [-0.1, -0.05) is 0 Å². The highest BCUT2D eigenvalue weighted by Crippen LogP contribution is 2.21. The fraction of sp³-hybridized carbons (Fsp3) is 0.286. The number of carbonyl (C=O) groups is 3. The van der Waals surface area contributed by atoms with Gasteiger partial charge in [0.25, 0.3) is 5.91 Å². The van der Waals surface area contributed by atoms with Gasteiger partial charge in [-0.2, -0.15) is 0 Å². The molecular formula is C21H25FN6O4. The molecule has 2 aromatic rings. The first-order valence-electron chi connectivity index (χ1n) is 9.95. The van der Waals surface area contributed by atoms with Gasteiger partial charge in [0.1, 0.15) is 11.6 Å². The molecule has 0 saturated carbocycles. The Hall–Kier alpha value is -3.86. The zero-order chi connectivity index (χ0) is 23.1. The Kier molecular flexibility index (Phi) is 7.45. The van der Waals surface area contributed by atoms with Crippen molar-refractivity contribution in [2.45, 2.75) is 6.17 Å². The summed E-state index contributed by atoms with van der Waals surface area (Å²) >= 11 is 0. The minimum absolute atomic E-state index is 0.129. The van der Waals surface area contributed by atoms with Gasteiger partial charge in [-0.25, -0.2) is 14.0 Å². The van der Waals surface area contributed by atoms with Gasteiger partial charge in [-0.3, -0.25) is 14.6 Å². The highest BCUT2D eigenvalue weighted by molar-refractivity contribution is 5.98. The summed E-state index contributed by atoms with van der Waals surface area (Å²) in [5.41, 5.74) is 6.33. The Balaban J connectivity index is 1.75. The molecule has 1 atom stereocenters. The predicted molar refractivity (Wildman–Crippen MR) is 117 cm³/mol. The number of anilines is 2. The maximum atomic E-state index is 13.1. The number of nitrogens with one attached hydrogen (secondary N) is 3. The van der Waals surface area contributed by atoms with E-state index in [4.69, 9.17) is 10.5 Å². The molecule has 0 aliphatic carbocycles. The number of methoxy groups -OCH3 is 1. The van der Waals surface area contributed by atoms with E-state index in [0.29, 0.717) is 17.1 Å². The Morgan fingerprint density at radius 1 is 0.969 bits per heavy atom. The van der Waals surface area contributed by atoms with Gasteiger partial charge in [0.05, 0.1) is 7.11 Å². The molecule has 10 nitrogen and oxygen atoms in total. The summed E-state index contributed by atoms with van der Waals surface area (Å²) in [6, 6.07) is 10.8. The molecule has 0 bridgehead atoms. The lowest BCUT2D eigenvalue weighted by Crippen LogP contribution is -2.55. The van der Waals surface area contributed by atoms with Crippen LogP contribution < -0.4 is 26.4 Å². The van der Waals surface area contributed by atoms with Crippen LogP contribution in [0, 0.1) is 5.82 Å². The van der Waals surface area contributed by atoms with Crippen LogP contribution in [0.4, 0.5) is 25.4 Å². The lowest BCUT2D eigenvalue weighted by molar-refractivity contribution is -0.127. The van der Waals surface area contributed by atoms with Gasteiger partial charge >= 0.3 is 12.1 Å². The van der Waals surface area contributed by atoms with Gasteiger partial charge in [-0.15, -0.1) is 0 Å². The molecule has 11 heteroatoms. The van der Waals surface area contributed by atoms with Gasteiger partial charge in [0.15, 0.2) is 6.17 Å². The van der Waals surface area contributed by atoms with Gasteiger partial charge in [-0.05, 0) is 48.5 Å². The largest absolute Gasteiger partial charge is 0.497 e. The molecule has 1 heterocycles. The predicted octanol–water partition coefficient (Wildman–Crippen LogP) is 1.62. The Morgan fingerprint density at radius 2 is 1.47 bits per heavy atom. The lowest BCUT2D eigenvalue weighted by atomic mass is 10.3. The van der Waals surface area contributed by atoms with Crippen molar-refractivity contribution in [2.75, 3.05) is 43.9 Å². The molecule has 1 unspecified atom stereocenters. The monoisotopic (exact) mass is 444 g/mol. The fourth-order valence-electron chi connectivity index (χ4n) is 3.22. The quantitative estimate of drug-likeness (QED) is 0.538. The van der Waals surface area contributed by atoms with Gasteiger partial charge in [0, 0.05) is 37.6 Å². The second-order valence-corrected chi connectivity index (χ2v) is 6.94. The average molecular weight is 444 g/mol. The van der Waals surface area contributed by atoms with Crippen LogP contribution in [0.2, 0.25) is 0 Å². The number of amides is 5. The summed E-state index contributed by atoms with van der Waals surface area (Å²) < 4.78 is 18.2. The van der Waals surface area contributed by atoms with Crippen LogP contribution in [0.25, 0.3) is 0 Å². The minimum atomic E-state index is -1.18. The van der Waals surface area contributed by atoms with Crippen LogP contribution in [-0.2, 0) is 4.79 Å². The average Bonchev–Trinajstić information content (AvgIpc) is 3.25. The second kappa shape index (κ2) is 10.4. The SMILES string of the molecule is COc1ccc(NC(=O)N2CCN(C(=O)Nc3ccc(F)cc3)C2C(=O)NCCN)cc1. The van der Waals surface area contributed by atoms with Gasteiger partial charge in [0.2, 0.25) is 0 Å². The van der Waals surface area contributed by atoms with Crippen molar-refractivity contribution in [1.82, 2.24) is 15.1 Å². The highest BCUT2D eigenvalue weighted by atomic mass is 19.1. The molecule has 3 rings (SSSR count). The van der Waals surface area contributed by atoms with Crippen molar-refractivity contribution < 1.29 is 23.5 Å². The van der Waals surface area contributed by atoms with E-state index in [9.17, 15) is 18.8 Å². The fourth-order valence-corrected chi connectivity index (χ4v) is 3.22. The van der Waals surface area contributed by atoms with Crippen LogP contribution >= 0.6 is 0 Å². The number of benzene rings is 2. The summed E-state index contributed by atoms with van der Waals surface area (Å²) in [5, 5.41) is 7.96. The van der Waals surface area contributed by atoms with E-state index in [1.807, 2.05) is 0 Å². The zero-order valence-corrected chi connectivity index (χ0v) is 17.5. The topological polar surface area (TPSA) is 129 Å². The molecule has 1 aliphatic heterocycles. The molecule has 0 spiro atoms. The number of nitrogens with two attached hydrogens (primary N) is 1. The third-order valence-electron chi connectivity index (χ3n) is 4.81. The molecule has 1 aliphatic rings. The van der Waals surface area contributed by atoms with E-state index >= 15 is 0 Å². The van der Waals surface area contributed by atoms with E-state index < -0.39 is 30.0 Å². The first-order valence-corrected chi connectivity index (χ1v) is 9.95. The van der Waals surface area contributed by atoms with Crippen molar-refractivity contribution >= 4 is 29.3 Å². The first kappa shape index (κ1) is 22.8. The highest BCUT2D eigenvalue weighted by Gasteiger charge is 2.42. The van der Waals surface area contributed by atoms with Crippen LogP contribution in [0.3, 0.4) is 0 Å². The van der Waals surface area contributed by atoms with Crippen molar-refractivity contribution in [1.29, 1.82) is 0 Å². The number of ether oxygens (including phenoxy) is 1. The smallest absolute Gasteiger partial charge is 0.323 e. The summed E-state index contributed by atoms with van der Waals surface area (Å²) in [6.07, 6.45) is -1.18. The zero-order valence-electron chi connectivity index (χ0n) is 17.5. The Labute approximate surface area is 184 Å². The molecule has 1 saturated heterocycles. The number of hydrogen-bond acceptors (Lipinski definition) is 5. The lowest BCUT2D eigenvalue weighted by Gasteiger charge is -2.29. The van der Waals surface area contributed by atoms with E-state index in [-0.39, 0.29) is 26.2 Å². The van der Waals surface area contributed by atoms with Crippen molar-refractivity contribution in [3.05, 3.63) is 54.3 Å². The van der Waals surface area contributed by atoms with E-state index in [0.717, 1.165) is 0 Å². The number of rotatable bonds is 6. The first-order chi connectivity index (χ1) is 15.4. The third-order valence-corrected chi connectivity index (χ3v) is 4.81. The van der Waals surface area contributed by atoms with Crippen LogP contribution in [0.15, 0.2) is 48.5 Å². The molecule has 2 aromatic carbocycles. The number of halogens is 1. The number of carbonyl (C=O) groups excluding carboxylic acids is 3. The van der Waals surface area contributed by atoms with Crippen LogP contribution in [-0.4, -0.2) is 67.2 Å². The second-order valence-electron chi connectivity index (χ2n) is 6.94. The van der Waals surface area contributed by atoms with E-state index in [2.05, 4.69) is 16.0 Å². The summed E-state index contributed by atoms with van der Waals surface area (Å²) in [4.78, 5) is 41.0. The van der Waals surface area contributed by atoms with Crippen molar-refractivity contribution in [3.63, 3.8) is 0 Å². The molecule has 170 valence electrons. The Morgan fingerprint density at radius 3 is 1.94 bits per heavy atom. The normalized spacial score (nSPS) is 15.3. The third kappa shape index (κ3) is 5.43. The minimum Gasteiger partial charge on any atom is -0.497 e. The standard InChI is InChI=1S/C21H25FN6O4/c1-32-17-8-6-16(7-9-17)26-21(31)28-13-12-27(19(28)18(29)24-11-10-23)20(30)25-15-4-2-14(22)3-5-15/h2-9,19H,10-13,23H2,1H3,(H,24,29)(H,25,30)(H,26,31). The number of urea groups is 2. The summed E-state index contributed by atoms with van der Waals surface area (Å²) in [5.74, 6) is -0.344. The molecule has 1 fully saturated rings. The molecule has 0 aromatic heterocycles. The van der Waals surface area contributed by atoms with E-state index in [1.54, 1.807) is 24.3 Å². The van der Waals surface area contributed by atoms with Gasteiger partial charge < -0.3 is 26.4 Å². The van der Waals surface area contributed by atoms with E-state index in [1.165, 1.54) is 41.2 Å². The van der Waals surface area contributed by atoms with Crippen molar-refractivity contribution in [3.8, 4) is 5.75 Å². The van der Waals surface area contributed by atoms with Crippen LogP contribution in [0.1, 0.15) is 0 Å². The summed E-state index contributed by atoms with van der Waals surface area (Å²) in [7, 11) is 1.54. The molecular weight excluding hydrogens is 419 g/mol. The molecule has 32 heavy (non-hydrogen) atoms. The number of hydrogen-bond donors (Lipinski definition) is 4. The Bertz CT molecular complexity index is 954. The van der Waals surface area contributed by atoms with Crippen LogP contribution in [0.5, 0.6) is 5.75 Å². The maximum absolute atomic E-state index is 13.1. The maximum Gasteiger partial charge on any atom is 0.323 e. The number of nitrogens with zero attached hydrogens (tertiary/aromatic N) is 2. The molecule has 5 amide bonds. The summed E-state index contributed by atoms with van der Waals surface area (Å²) in [6.45, 7) is 0.665. The molecule has 5 N–H and O–H groups in total. The molecule has 0 radical (unpaired) electrons.